The quantitative estimate of drug-likeness (QED) is 0.582. The standard InChI is InChI=1S/C17H16N4/c1-3-17-20-14-7-11-4-5-12(16-9-18-10(2)19-16)6-13(11)8-15(14)21-17/h4-9H,3H2,1-2H3,(H,18,19)(H,20,21). The largest absolute Gasteiger partial charge is 0.342 e. The monoisotopic (exact) mass is 276 g/mol. The van der Waals surface area contributed by atoms with E-state index in [1.807, 2.05) is 13.1 Å². The summed E-state index contributed by atoms with van der Waals surface area (Å²) < 4.78 is 0. The van der Waals surface area contributed by atoms with Gasteiger partial charge in [0.15, 0.2) is 0 Å². The van der Waals surface area contributed by atoms with Gasteiger partial charge < -0.3 is 9.97 Å². The van der Waals surface area contributed by atoms with Crippen molar-refractivity contribution in [1.82, 2.24) is 19.9 Å². The van der Waals surface area contributed by atoms with Crippen LogP contribution in [-0.4, -0.2) is 19.9 Å². The van der Waals surface area contributed by atoms with Gasteiger partial charge in [0.25, 0.3) is 0 Å². The van der Waals surface area contributed by atoms with Crippen LogP contribution in [0, 0.1) is 6.92 Å². The van der Waals surface area contributed by atoms with E-state index >= 15 is 0 Å². The molecule has 4 aromatic rings. The molecule has 0 aliphatic rings. The van der Waals surface area contributed by atoms with Crippen molar-refractivity contribution in [1.29, 1.82) is 0 Å². The Morgan fingerprint density at radius 3 is 2.71 bits per heavy atom. The molecule has 0 atom stereocenters. The Morgan fingerprint density at radius 1 is 1.05 bits per heavy atom. The summed E-state index contributed by atoms with van der Waals surface area (Å²) in [5.41, 5.74) is 4.33. The van der Waals surface area contributed by atoms with Gasteiger partial charge in [-0.3, -0.25) is 0 Å². The predicted octanol–water partition coefficient (Wildman–Crippen LogP) is 3.98. The van der Waals surface area contributed by atoms with E-state index in [4.69, 9.17) is 0 Å². The van der Waals surface area contributed by atoms with Crippen LogP contribution in [-0.2, 0) is 6.42 Å². The first kappa shape index (κ1) is 12.1. The SMILES string of the molecule is CCc1nc2cc3ccc(-c4cnc(C)[nH]4)cc3cc2[nH]1. The van der Waals surface area contributed by atoms with E-state index < -0.39 is 0 Å². The molecule has 0 bridgehead atoms. The number of hydrogen-bond donors (Lipinski definition) is 2. The molecular formula is C17H16N4. The number of nitrogens with one attached hydrogen (secondary N) is 2. The number of benzene rings is 2. The fourth-order valence-electron chi connectivity index (χ4n) is 2.71. The lowest BCUT2D eigenvalue weighted by molar-refractivity contribution is 1.00. The number of imidazole rings is 2. The van der Waals surface area contributed by atoms with Gasteiger partial charge in [0, 0.05) is 12.0 Å². The van der Waals surface area contributed by atoms with Crippen LogP contribution in [0.2, 0.25) is 0 Å². The maximum Gasteiger partial charge on any atom is 0.106 e. The van der Waals surface area contributed by atoms with Crippen molar-refractivity contribution in [3.8, 4) is 11.3 Å². The summed E-state index contributed by atoms with van der Waals surface area (Å²) in [6.07, 6.45) is 2.80. The van der Waals surface area contributed by atoms with Gasteiger partial charge in [-0.15, -0.1) is 0 Å². The molecule has 0 radical (unpaired) electrons. The second kappa shape index (κ2) is 4.45. The van der Waals surface area contributed by atoms with Crippen LogP contribution in [0.15, 0.2) is 36.5 Å². The minimum atomic E-state index is 0.920. The molecule has 0 aliphatic heterocycles. The molecule has 0 saturated carbocycles. The summed E-state index contributed by atoms with van der Waals surface area (Å²) in [7, 11) is 0. The average Bonchev–Trinajstić information content (AvgIpc) is 3.09. The fourth-order valence-corrected chi connectivity index (χ4v) is 2.71. The van der Waals surface area contributed by atoms with E-state index in [-0.39, 0.29) is 0 Å². The number of fused-ring (bicyclic) bond motifs is 2. The highest BCUT2D eigenvalue weighted by Gasteiger charge is 2.06. The summed E-state index contributed by atoms with van der Waals surface area (Å²) in [4.78, 5) is 15.5. The number of H-pyrrole nitrogens is 2. The third-order valence-electron chi connectivity index (χ3n) is 3.84. The third-order valence-corrected chi connectivity index (χ3v) is 3.84. The van der Waals surface area contributed by atoms with E-state index in [9.17, 15) is 0 Å². The van der Waals surface area contributed by atoms with Crippen LogP contribution < -0.4 is 0 Å². The number of hydrogen-bond acceptors (Lipinski definition) is 2. The Labute approximate surface area is 122 Å². The van der Waals surface area contributed by atoms with Gasteiger partial charge >= 0.3 is 0 Å². The smallest absolute Gasteiger partial charge is 0.106 e. The molecule has 2 heterocycles. The van der Waals surface area contributed by atoms with Gasteiger partial charge in [0.1, 0.15) is 11.6 Å². The van der Waals surface area contributed by atoms with Crippen molar-refractivity contribution < 1.29 is 0 Å². The van der Waals surface area contributed by atoms with Gasteiger partial charge in [0.2, 0.25) is 0 Å². The Balaban J connectivity index is 1.91. The number of aromatic nitrogens is 4. The molecule has 0 aliphatic carbocycles. The van der Waals surface area contributed by atoms with E-state index in [0.717, 1.165) is 40.4 Å². The average molecular weight is 276 g/mol. The molecule has 4 rings (SSSR count). The molecule has 0 saturated heterocycles. The number of aryl methyl sites for hydroxylation is 2. The van der Waals surface area contributed by atoms with Crippen molar-refractivity contribution in [2.75, 3.05) is 0 Å². The van der Waals surface area contributed by atoms with Crippen LogP contribution >= 0.6 is 0 Å². The molecular weight excluding hydrogens is 260 g/mol. The number of aromatic amines is 2. The van der Waals surface area contributed by atoms with Crippen molar-refractivity contribution in [2.45, 2.75) is 20.3 Å². The fraction of sp³-hybridized carbons (Fsp3) is 0.176. The Hall–Kier alpha value is -2.62. The summed E-state index contributed by atoms with van der Waals surface area (Å²) in [5.74, 6) is 1.96. The molecule has 2 aromatic carbocycles. The topological polar surface area (TPSA) is 57.4 Å². The van der Waals surface area contributed by atoms with E-state index in [2.05, 4.69) is 57.2 Å². The lowest BCUT2D eigenvalue weighted by Gasteiger charge is -2.02. The Morgan fingerprint density at radius 2 is 1.95 bits per heavy atom. The summed E-state index contributed by atoms with van der Waals surface area (Å²) in [6.45, 7) is 4.07. The molecule has 0 spiro atoms. The van der Waals surface area contributed by atoms with Crippen molar-refractivity contribution >= 4 is 21.8 Å². The molecule has 0 fully saturated rings. The highest BCUT2D eigenvalue weighted by Crippen LogP contribution is 2.26. The van der Waals surface area contributed by atoms with Crippen LogP contribution in [0.3, 0.4) is 0 Å². The molecule has 104 valence electrons. The van der Waals surface area contributed by atoms with E-state index in [0.29, 0.717) is 0 Å². The van der Waals surface area contributed by atoms with Gasteiger partial charge in [-0.1, -0.05) is 19.1 Å². The molecule has 2 N–H and O–H groups in total. The first-order chi connectivity index (χ1) is 10.2. The van der Waals surface area contributed by atoms with Crippen molar-refractivity contribution in [3.63, 3.8) is 0 Å². The van der Waals surface area contributed by atoms with Gasteiger partial charge in [-0.25, -0.2) is 9.97 Å². The zero-order valence-corrected chi connectivity index (χ0v) is 12.1. The van der Waals surface area contributed by atoms with Gasteiger partial charge in [-0.2, -0.15) is 0 Å². The van der Waals surface area contributed by atoms with E-state index in [1.165, 1.54) is 10.8 Å². The minimum absolute atomic E-state index is 0.920. The van der Waals surface area contributed by atoms with Crippen molar-refractivity contribution in [3.05, 3.63) is 48.2 Å². The zero-order valence-electron chi connectivity index (χ0n) is 12.1. The highest BCUT2D eigenvalue weighted by atomic mass is 14.9. The summed E-state index contributed by atoms with van der Waals surface area (Å²) in [5, 5.41) is 2.41. The number of rotatable bonds is 2. The second-order valence-corrected chi connectivity index (χ2v) is 5.35. The summed E-state index contributed by atoms with van der Waals surface area (Å²) >= 11 is 0. The molecule has 2 aromatic heterocycles. The van der Waals surface area contributed by atoms with Crippen LogP contribution in [0.25, 0.3) is 33.1 Å². The van der Waals surface area contributed by atoms with Crippen molar-refractivity contribution in [2.24, 2.45) is 0 Å². The first-order valence-electron chi connectivity index (χ1n) is 7.17. The normalized spacial score (nSPS) is 11.5. The zero-order chi connectivity index (χ0) is 14.4. The molecule has 0 amide bonds. The Bertz CT molecular complexity index is 946. The number of nitrogens with zero attached hydrogens (tertiary/aromatic N) is 2. The molecule has 21 heavy (non-hydrogen) atoms. The second-order valence-electron chi connectivity index (χ2n) is 5.35. The lowest BCUT2D eigenvalue weighted by atomic mass is 10.0. The maximum absolute atomic E-state index is 4.59. The van der Waals surface area contributed by atoms with Crippen LogP contribution in [0.5, 0.6) is 0 Å². The maximum atomic E-state index is 4.59. The van der Waals surface area contributed by atoms with Gasteiger partial charge in [0.05, 0.1) is 22.9 Å². The third kappa shape index (κ3) is 2.00. The molecule has 0 unspecified atom stereocenters. The molecule has 4 heteroatoms. The lowest BCUT2D eigenvalue weighted by Crippen LogP contribution is -1.80. The van der Waals surface area contributed by atoms with Crippen LogP contribution in [0.4, 0.5) is 0 Å². The van der Waals surface area contributed by atoms with E-state index in [1.54, 1.807) is 0 Å². The predicted molar refractivity (Wildman–Crippen MR) is 85.3 cm³/mol. The first-order valence-corrected chi connectivity index (χ1v) is 7.17. The van der Waals surface area contributed by atoms with Crippen LogP contribution in [0.1, 0.15) is 18.6 Å². The minimum Gasteiger partial charge on any atom is -0.342 e. The highest BCUT2D eigenvalue weighted by molar-refractivity contribution is 5.96. The Kier molecular flexibility index (Phi) is 2.57. The summed E-state index contributed by atoms with van der Waals surface area (Å²) in [6, 6.07) is 10.8. The molecule has 4 nitrogen and oxygen atoms in total. The van der Waals surface area contributed by atoms with Gasteiger partial charge in [-0.05, 0) is 35.9 Å².